The molecule has 1 aliphatic rings. The van der Waals surface area contributed by atoms with Gasteiger partial charge in [0.2, 0.25) is 0 Å². The Hall–Kier alpha value is -0.550. The highest BCUT2D eigenvalue weighted by molar-refractivity contribution is 8.27. The summed E-state index contributed by atoms with van der Waals surface area (Å²) in [6, 6.07) is 5.02. The van der Waals surface area contributed by atoms with E-state index in [9.17, 15) is 4.79 Å². The zero-order chi connectivity index (χ0) is 13.4. The Morgan fingerprint density at radius 3 is 2.44 bits per heavy atom. The zero-order valence-electron chi connectivity index (χ0n) is 9.66. The highest BCUT2D eigenvalue weighted by atomic mass is 35.5. The lowest BCUT2D eigenvalue weighted by Crippen LogP contribution is -2.27. The van der Waals surface area contributed by atoms with Crippen molar-refractivity contribution in [1.82, 2.24) is 0 Å². The van der Waals surface area contributed by atoms with Gasteiger partial charge in [0, 0.05) is 0 Å². The molecule has 0 saturated carbocycles. The molecule has 1 fully saturated rings. The molecule has 1 heterocycles. The van der Waals surface area contributed by atoms with Gasteiger partial charge < -0.3 is 0 Å². The van der Waals surface area contributed by atoms with E-state index >= 15 is 0 Å². The summed E-state index contributed by atoms with van der Waals surface area (Å²) in [5, 5.41) is 0.855. The molecule has 2 rings (SSSR count). The molecule has 0 aliphatic carbocycles. The van der Waals surface area contributed by atoms with Gasteiger partial charge in [-0.1, -0.05) is 52.8 Å². The highest BCUT2D eigenvalue weighted by Crippen LogP contribution is 2.38. The number of hydrogen-bond acceptors (Lipinski definition) is 3. The number of carbonyl (C=O) groups is 1. The molecule has 94 valence electrons. The van der Waals surface area contributed by atoms with E-state index in [1.165, 1.54) is 16.7 Å². The van der Waals surface area contributed by atoms with Gasteiger partial charge in [-0.15, -0.1) is 0 Å². The first-order valence-corrected chi connectivity index (χ1v) is 7.08. The predicted molar refractivity (Wildman–Crippen MR) is 82.5 cm³/mol. The third-order valence-corrected chi connectivity index (χ3v) is 4.70. The average Bonchev–Trinajstić information content (AvgIpc) is 2.59. The smallest absolute Gasteiger partial charge is 0.268 e. The van der Waals surface area contributed by atoms with E-state index in [4.69, 9.17) is 35.4 Å². The first kappa shape index (κ1) is 13.9. The minimum Gasteiger partial charge on any atom is -0.268 e. The Balaban J connectivity index is 2.46. The molecule has 0 unspecified atom stereocenters. The molecule has 1 aromatic rings. The van der Waals surface area contributed by atoms with Gasteiger partial charge in [0.1, 0.15) is 0 Å². The minimum atomic E-state index is -0.108. The number of hydrogen-bond donors (Lipinski definition) is 0. The van der Waals surface area contributed by atoms with Crippen LogP contribution < -0.4 is 4.90 Å². The maximum absolute atomic E-state index is 12.2. The summed E-state index contributed by atoms with van der Waals surface area (Å²) in [5.74, 6) is -0.108. The Bertz CT molecular complexity index is 579. The minimum absolute atomic E-state index is 0.108. The van der Waals surface area contributed by atoms with Crippen LogP contribution >= 0.6 is 47.2 Å². The van der Waals surface area contributed by atoms with Crippen LogP contribution in [0.1, 0.15) is 13.8 Å². The van der Waals surface area contributed by atoms with E-state index in [2.05, 4.69) is 0 Å². The lowest BCUT2D eigenvalue weighted by molar-refractivity contribution is -0.113. The van der Waals surface area contributed by atoms with Crippen LogP contribution in [-0.4, -0.2) is 10.2 Å². The predicted octanol–water partition coefficient (Wildman–Crippen LogP) is 4.65. The Morgan fingerprint density at radius 1 is 1.28 bits per heavy atom. The van der Waals surface area contributed by atoms with Crippen molar-refractivity contribution < 1.29 is 4.79 Å². The van der Waals surface area contributed by atoms with E-state index in [0.29, 0.717) is 25.0 Å². The number of rotatable bonds is 1. The number of amides is 1. The fraction of sp³-hybridized carbons (Fsp3) is 0.167. The molecule has 1 aromatic carbocycles. The summed E-state index contributed by atoms with van der Waals surface area (Å²) in [6.07, 6.45) is 0. The van der Waals surface area contributed by atoms with Crippen LogP contribution in [0.25, 0.3) is 0 Å². The molecule has 18 heavy (non-hydrogen) atoms. The van der Waals surface area contributed by atoms with Gasteiger partial charge >= 0.3 is 0 Å². The molecule has 1 aliphatic heterocycles. The molecule has 0 aromatic heterocycles. The second-order valence-electron chi connectivity index (χ2n) is 3.94. The van der Waals surface area contributed by atoms with Crippen molar-refractivity contribution in [2.75, 3.05) is 4.90 Å². The second-order valence-corrected chi connectivity index (χ2v) is 6.39. The van der Waals surface area contributed by atoms with Crippen LogP contribution in [0.5, 0.6) is 0 Å². The monoisotopic (exact) mass is 317 g/mol. The topological polar surface area (TPSA) is 20.3 Å². The number of benzene rings is 1. The zero-order valence-corrected chi connectivity index (χ0v) is 12.8. The van der Waals surface area contributed by atoms with Gasteiger partial charge in [0.25, 0.3) is 5.91 Å². The summed E-state index contributed by atoms with van der Waals surface area (Å²) in [7, 11) is 0. The van der Waals surface area contributed by atoms with Crippen molar-refractivity contribution in [3.05, 3.63) is 38.7 Å². The molecule has 6 heteroatoms. The SMILES string of the molecule is CC(C)=C1SC(=S)N(c2ccc(Cl)c(Cl)c2)C1=O. The molecule has 1 amide bonds. The molecule has 0 radical (unpaired) electrons. The van der Waals surface area contributed by atoms with Crippen LogP contribution in [0.3, 0.4) is 0 Å². The normalized spacial score (nSPS) is 15.6. The van der Waals surface area contributed by atoms with Crippen LogP contribution in [0.2, 0.25) is 10.0 Å². The largest absolute Gasteiger partial charge is 0.270 e. The van der Waals surface area contributed by atoms with E-state index in [-0.39, 0.29) is 5.91 Å². The van der Waals surface area contributed by atoms with Gasteiger partial charge in [-0.05, 0) is 32.0 Å². The highest BCUT2D eigenvalue weighted by Gasteiger charge is 2.34. The van der Waals surface area contributed by atoms with Crippen molar-refractivity contribution >= 4 is 63.1 Å². The molecule has 2 nitrogen and oxygen atoms in total. The number of carbonyl (C=O) groups excluding carboxylic acids is 1. The van der Waals surface area contributed by atoms with Gasteiger partial charge in [0.15, 0.2) is 4.32 Å². The fourth-order valence-corrected chi connectivity index (χ4v) is 3.09. The number of anilines is 1. The molecular formula is C12H9Cl2NOS2. The number of halogens is 2. The molecule has 0 N–H and O–H groups in total. The van der Waals surface area contributed by atoms with E-state index in [1.807, 2.05) is 13.8 Å². The number of thiocarbonyl (C=S) groups is 1. The van der Waals surface area contributed by atoms with E-state index in [1.54, 1.807) is 18.2 Å². The molecule has 0 bridgehead atoms. The fourth-order valence-electron chi connectivity index (χ4n) is 1.52. The van der Waals surface area contributed by atoms with Crippen molar-refractivity contribution in [3.8, 4) is 0 Å². The third kappa shape index (κ3) is 2.43. The van der Waals surface area contributed by atoms with Gasteiger partial charge in [-0.2, -0.15) is 0 Å². The van der Waals surface area contributed by atoms with E-state index in [0.717, 1.165) is 5.57 Å². The number of nitrogens with zero attached hydrogens (tertiary/aromatic N) is 1. The summed E-state index contributed by atoms with van der Waals surface area (Å²) in [6.45, 7) is 3.78. The average molecular weight is 318 g/mol. The first-order chi connectivity index (χ1) is 8.41. The van der Waals surface area contributed by atoms with Crippen LogP contribution in [0.15, 0.2) is 28.7 Å². The van der Waals surface area contributed by atoms with Crippen LogP contribution in [0.4, 0.5) is 5.69 Å². The first-order valence-electron chi connectivity index (χ1n) is 5.10. The van der Waals surface area contributed by atoms with Gasteiger partial charge in [-0.25, -0.2) is 0 Å². The molecule has 0 atom stereocenters. The number of allylic oxidation sites excluding steroid dienone is 1. The van der Waals surface area contributed by atoms with Gasteiger partial charge in [0.05, 0.1) is 20.6 Å². The van der Waals surface area contributed by atoms with Crippen molar-refractivity contribution in [3.63, 3.8) is 0 Å². The lowest BCUT2D eigenvalue weighted by Gasteiger charge is -2.15. The Kier molecular flexibility index (Phi) is 4.02. The van der Waals surface area contributed by atoms with Crippen molar-refractivity contribution in [2.45, 2.75) is 13.8 Å². The summed E-state index contributed by atoms with van der Waals surface area (Å²) in [4.78, 5) is 14.4. The van der Waals surface area contributed by atoms with E-state index < -0.39 is 0 Å². The number of thioether (sulfide) groups is 1. The standard InChI is InChI=1S/C12H9Cl2NOS2/c1-6(2)10-11(16)15(12(17)18-10)7-3-4-8(13)9(14)5-7/h3-5H,1-2H3. The second kappa shape index (κ2) is 5.21. The third-order valence-electron chi connectivity index (χ3n) is 2.38. The maximum atomic E-state index is 12.2. The quantitative estimate of drug-likeness (QED) is 0.555. The molecule has 0 spiro atoms. The van der Waals surface area contributed by atoms with Crippen molar-refractivity contribution in [2.24, 2.45) is 0 Å². The molecule has 1 saturated heterocycles. The van der Waals surface area contributed by atoms with Crippen molar-refractivity contribution in [1.29, 1.82) is 0 Å². The Morgan fingerprint density at radius 2 is 1.94 bits per heavy atom. The lowest BCUT2D eigenvalue weighted by atomic mass is 10.2. The summed E-state index contributed by atoms with van der Waals surface area (Å²) >= 11 is 18.3. The Labute approximate surface area is 125 Å². The van der Waals surface area contributed by atoms with Crippen LogP contribution in [-0.2, 0) is 4.79 Å². The molecular weight excluding hydrogens is 309 g/mol. The van der Waals surface area contributed by atoms with Gasteiger partial charge in [-0.3, -0.25) is 9.69 Å². The summed E-state index contributed by atoms with van der Waals surface area (Å²) in [5.41, 5.74) is 1.60. The summed E-state index contributed by atoms with van der Waals surface area (Å²) < 4.78 is 0.509. The maximum Gasteiger partial charge on any atom is 0.270 e. The van der Waals surface area contributed by atoms with Crippen LogP contribution in [0, 0.1) is 0 Å².